The Morgan fingerprint density at radius 1 is 0.660 bits per heavy atom. The molecule has 6 N–H and O–H groups in total. The zero-order chi connectivity index (χ0) is 39.3. The molecule has 0 bridgehead atoms. The van der Waals surface area contributed by atoms with Crippen LogP contribution in [-0.4, -0.2) is 110 Å². The molecule has 0 atom stereocenters. The molecule has 296 valence electrons. The number of hydrogen-bond acceptors (Lipinski definition) is 12. The highest BCUT2D eigenvalue weighted by Gasteiger charge is 2.14. The van der Waals surface area contributed by atoms with E-state index in [-0.39, 0.29) is 57.0 Å². The highest BCUT2D eigenvalue weighted by atomic mass is 32.1. The lowest BCUT2D eigenvalue weighted by molar-refractivity contribution is -0.166. The highest BCUT2D eigenvalue weighted by molar-refractivity contribution is 7.80. The molecule has 17 heteroatoms. The summed E-state index contributed by atoms with van der Waals surface area (Å²) in [7, 11) is 0. The second kappa shape index (κ2) is 29.7. The van der Waals surface area contributed by atoms with Crippen LogP contribution in [0.4, 0.5) is 11.4 Å². The van der Waals surface area contributed by atoms with Crippen LogP contribution < -0.4 is 16.0 Å². The number of unbranched alkanes of at least 4 members (excludes halogenated alkanes) is 7. The molecule has 0 fully saturated rings. The summed E-state index contributed by atoms with van der Waals surface area (Å²) in [4.78, 5) is 64.0. The summed E-state index contributed by atoms with van der Waals surface area (Å²) in [6.45, 7) is 3.78. The number of amides is 4. The number of hydrogen-bond donors (Lipinski definition) is 6. The van der Waals surface area contributed by atoms with Crippen molar-refractivity contribution in [1.29, 1.82) is 0 Å². The van der Waals surface area contributed by atoms with Crippen LogP contribution in [0.5, 0.6) is 0 Å². The quantitative estimate of drug-likeness (QED) is 0.0192. The van der Waals surface area contributed by atoms with E-state index in [0.717, 1.165) is 48.7 Å². The average molecular weight is 780 g/mol. The first-order chi connectivity index (χ1) is 25.4. The van der Waals surface area contributed by atoms with E-state index >= 15 is 0 Å². The number of Topliss-reactive ketones (excluding diaryl/α,β-unsaturated/α-hetero) is 1. The minimum absolute atomic E-state index is 0.0400. The van der Waals surface area contributed by atoms with E-state index in [9.17, 15) is 39.6 Å². The molecule has 4 amide bonds. The molecule has 0 radical (unpaired) electrons. The molecule has 0 aliphatic heterocycles. The van der Waals surface area contributed by atoms with Gasteiger partial charge in [0.2, 0.25) is 23.6 Å². The van der Waals surface area contributed by atoms with Crippen molar-refractivity contribution in [2.75, 3.05) is 44.6 Å². The Bertz CT molecular complexity index is 1330. The maximum Gasteiger partial charge on any atom is 0.246 e. The second-order valence-electron chi connectivity index (χ2n) is 12.6. The molecule has 0 saturated carbocycles. The van der Waals surface area contributed by atoms with E-state index in [4.69, 9.17) is 12.2 Å². The third kappa shape index (κ3) is 25.0. The number of ketones is 1. The standard InChI is InChI=1S/C36H57N7O8S2/c1-29(44)41(49)25-10-5-8-23-38-33(46)18-20-36(48)43(51)26-9-3-2-6-12-32(45)17-19-35(47)42(50)27-11-4-7-22-37-24-21-34(53)40-31-15-13-30(14-16-31)39-28-52/h13-16,37,49-51H,2-12,17-27H2,1H3,(H,38,46)(H,40,53). The lowest BCUT2D eigenvalue weighted by Gasteiger charge is -2.15. The van der Waals surface area contributed by atoms with Gasteiger partial charge in [-0.05, 0) is 88.0 Å². The van der Waals surface area contributed by atoms with E-state index in [2.05, 4.69) is 38.3 Å². The molecular formula is C36H57N7O8S2. The molecule has 0 aromatic heterocycles. The molecule has 1 rings (SSSR count). The Morgan fingerprint density at radius 3 is 1.81 bits per heavy atom. The second-order valence-corrected chi connectivity index (χ2v) is 13.3. The maximum absolute atomic E-state index is 12.2. The third-order valence-corrected chi connectivity index (χ3v) is 8.54. The Kier molecular flexibility index (Phi) is 26.5. The number of carbonyl (C=O) groups excluding carboxylic acids is 5. The lowest BCUT2D eigenvalue weighted by atomic mass is 10.1. The SMILES string of the molecule is CC(=O)N(O)CCCCCNC(=O)CCC(=O)N(O)CCCCCCC(=O)CCC(=O)N(O)CCCCCNCCC(=S)Nc1ccc(N=C=S)cc1. The van der Waals surface area contributed by atoms with Gasteiger partial charge in [0.05, 0.1) is 15.8 Å². The van der Waals surface area contributed by atoms with Crippen LogP contribution in [-0.2, 0) is 24.0 Å². The molecule has 53 heavy (non-hydrogen) atoms. The first-order valence-corrected chi connectivity index (χ1v) is 19.2. The number of rotatable bonds is 30. The van der Waals surface area contributed by atoms with Crippen LogP contribution in [0.25, 0.3) is 0 Å². The van der Waals surface area contributed by atoms with Gasteiger partial charge in [-0.3, -0.25) is 39.6 Å². The molecule has 0 aliphatic rings. The van der Waals surface area contributed by atoms with Crippen molar-refractivity contribution in [3.63, 3.8) is 0 Å². The first-order valence-electron chi connectivity index (χ1n) is 18.3. The number of isothiocyanates is 1. The molecule has 1 aromatic carbocycles. The normalized spacial score (nSPS) is 10.6. The van der Waals surface area contributed by atoms with Crippen molar-refractivity contribution in [2.45, 2.75) is 110 Å². The first kappa shape index (κ1) is 47.3. The third-order valence-electron chi connectivity index (χ3n) is 8.15. The van der Waals surface area contributed by atoms with Gasteiger partial charge in [-0.2, -0.15) is 4.99 Å². The molecule has 0 spiro atoms. The fourth-order valence-corrected chi connectivity index (χ4v) is 5.31. The van der Waals surface area contributed by atoms with Crippen molar-refractivity contribution in [2.24, 2.45) is 4.99 Å². The molecular weight excluding hydrogens is 723 g/mol. The number of anilines is 1. The highest BCUT2D eigenvalue weighted by Crippen LogP contribution is 2.16. The predicted octanol–water partition coefficient (Wildman–Crippen LogP) is 5.35. The van der Waals surface area contributed by atoms with Gasteiger partial charge < -0.3 is 16.0 Å². The number of carbonyl (C=O) groups is 5. The van der Waals surface area contributed by atoms with E-state index in [1.165, 1.54) is 6.92 Å². The Hall–Kier alpha value is -3.70. The van der Waals surface area contributed by atoms with Crippen molar-refractivity contribution < 1.29 is 39.6 Å². The molecule has 0 saturated heterocycles. The average Bonchev–Trinajstić information content (AvgIpc) is 3.13. The van der Waals surface area contributed by atoms with E-state index in [1.807, 2.05) is 24.3 Å². The molecule has 0 aliphatic carbocycles. The molecule has 15 nitrogen and oxygen atoms in total. The summed E-state index contributed by atoms with van der Waals surface area (Å²) in [6, 6.07) is 7.40. The van der Waals surface area contributed by atoms with Crippen LogP contribution in [0, 0.1) is 0 Å². The van der Waals surface area contributed by atoms with Gasteiger partial charge in [-0.25, -0.2) is 15.2 Å². The fourth-order valence-electron chi connectivity index (χ4n) is 4.98. The Labute approximate surface area is 323 Å². The minimum atomic E-state index is -0.540. The fraction of sp³-hybridized carbons (Fsp3) is 0.639. The van der Waals surface area contributed by atoms with Crippen molar-refractivity contribution in [3.05, 3.63) is 24.3 Å². The summed E-state index contributed by atoms with van der Waals surface area (Å²) >= 11 is 9.99. The summed E-state index contributed by atoms with van der Waals surface area (Å²) < 4.78 is 0. The summed E-state index contributed by atoms with van der Waals surface area (Å²) in [5.74, 6) is -1.78. The van der Waals surface area contributed by atoms with Gasteiger partial charge in [0.15, 0.2) is 0 Å². The van der Waals surface area contributed by atoms with Gasteiger partial charge in [-0.1, -0.05) is 31.5 Å². The van der Waals surface area contributed by atoms with Crippen LogP contribution >= 0.6 is 24.4 Å². The van der Waals surface area contributed by atoms with Gasteiger partial charge in [0.1, 0.15) is 5.78 Å². The lowest BCUT2D eigenvalue weighted by Crippen LogP contribution is -2.31. The smallest absolute Gasteiger partial charge is 0.246 e. The van der Waals surface area contributed by atoms with Crippen LogP contribution in [0.2, 0.25) is 0 Å². The van der Waals surface area contributed by atoms with Crippen LogP contribution in [0.1, 0.15) is 110 Å². The van der Waals surface area contributed by atoms with Gasteiger partial charge in [0, 0.05) is 83.9 Å². The maximum atomic E-state index is 12.2. The number of hydroxylamine groups is 6. The van der Waals surface area contributed by atoms with Gasteiger partial charge >= 0.3 is 0 Å². The van der Waals surface area contributed by atoms with Crippen LogP contribution in [0.15, 0.2) is 29.3 Å². The number of benzene rings is 1. The minimum Gasteiger partial charge on any atom is -0.356 e. The van der Waals surface area contributed by atoms with Crippen molar-refractivity contribution >= 4 is 75.4 Å². The predicted molar refractivity (Wildman–Crippen MR) is 208 cm³/mol. The van der Waals surface area contributed by atoms with E-state index in [0.29, 0.717) is 79.5 Å². The molecule has 1 aromatic rings. The molecule has 0 unspecified atom stereocenters. The van der Waals surface area contributed by atoms with Gasteiger partial charge in [0.25, 0.3) is 0 Å². The van der Waals surface area contributed by atoms with Crippen molar-refractivity contribution in [1.82, 2.24) is 25.8 Å². The summed E-state index contributed by atoms with van der Waals surface area (Å²) in [6.07, 6.45) is 7.81. The Morgan fingerprint density at radius 2 is 1.21 bits per heavy atom. The number of thiocarbonyl (C=S) groups is 2. The molecule has 0 heterocycles. The number of aliphatic imine (C=N–C) groups is 1. The summed E-state index contributed by atoms with van der Waals surface area (Å²) in [5.41, 5.74) is 1.61. The number of nitrogens with zero attached hydrogens (tertiary/aromatic N) is 4. The van der Waals surface area contributed by atoms with Crippen molar-refractivity contribution in [3.8, 4) is 0 Å². The van der Waals surface area contributed by atoms with Crippen LogP contribution in [0.3, 0.4) is 0 Å². The van der Waals surface area contributed by atoms with E-state index < -0.39 is 17.7 Å². The van der Waals surface area contributed by atoms with E-state index in [1.54, 1.807) is 0 Å². The monoisotopic (exact) mass is 779 g/mol. The zero-order valence-electron chi connectivity index (χ0n) is 30.9. The largest absolute Gasteiger partial charge is 0.356 e. The zero-order valence-corrected chi connectivity index (χ0v) is 32.5. The summed E-state index contributed by atoms with van der Waals surface area (Å²) in [5, 5.41) is 42.8. The number of nitrogens with one attached hydrogen (secondary N) is 3. The topological polar surface area (TPSA) is 204 Å². The Balaban J connectivity index is 1.99. The van der Waals surface area contributed by atoms with Gasteiger partial charge in [-0.15, -0.1) is 0 Å².